The number of nitrogens with two attached hydrogens (primary N) is 2. The molecule has 5 nitrogen and oxygen atoms in total. The number of hydrogen-bond acceptors (Lipinski definition) is 2. The van der Waals surface area contributed by atoms with Crippen molar-refractivity contribution in [3.8, 4) is 17.0 Å². The SMILES string of the molecule is COc1ccccc1-c1nn(Cc2ccccc2)cc1C[NH2+]C1CC(C)(C)[NH2+]C(C)(C)C1. The topological polar surface area (TPSA) is 60.3 Å². The predicted molar refractivity (Wildman–Crippen MR) is 128 cm³/mol. The number of nitrogens with zero attached hydrogens (tertiary/aromatic N) is 2. The van der Waals surface area contributed by atoms with Gasteiger partial charge in [0.15, 0.2) is 0 Å². The first kappa shape index (κ1) is 22.6. The number of para-hydroxylation sites is 1. The fraction of sp³-hybridized carbons (Fsp3) is 0.444. The Bertz CT molecular complexity index is 1020. The van der Waals surface area contributed by atoms with E-state index in [9.17, 15) is 0 Å². The van der Waals surface area contributed by atoms with Crippen molar-refractivity contribution in [3.05, 3.63) is 71.9 Å². The number of aromatic nitrogens is 2. The summed E-state index contributed by atoms with van der Waals surface area (Å²) < 4.78 is 7.74. The summed E-state index contributed by atoms with van der Waals surface area (Å²) in [5.74, 6) is 0.869. The monoisotopic (exact) mass is 434 g/mol. The van der Waals surface area contributed by atoms with Crippen molar-refractivity contribution in [2.24, 2.45) is 0 Å². The Balaban J connectivity index is 1.61. The van der Waals surface area contributed by atoms with Crippen molar-refractivity contribution in [2.75, 3.05) is 7.11 Å². The molecule has 1 aromatic heterocycles. The zero-order valence-corrected chi connectivity index (χ0v) is 20.1. The third kappa shape index (κ3) is 5.40. The second-order valence-electron chi connectivity index (χ2n) is 10.6. The van der Waals surface area contributed by atoms with E-state index in [0.29, 0.717) is 6.04 Å². The van der Waals surface area contributed by atoms with Crippen molar-refractivity contribution in [1.29, 1.82) is 0 Å². The molecule has 0 radical (unpaired) electrons. The fourth-order valence-corrected chi connectivity index (χ4v) is 5.59. The molecule has 1 aliphatic rings. The molecule has 4 N–H and O–H groups in total. The maximum Gasteiger partial charge on any atom is 0.128 e. The van der Waals surface area contributed by atoms with Gasteiger partial charge in [0.2, 0.25) is 0 Å². The van der Waals surface area contributed by atoms with Crippen LogP contribution in [0.25, 0.3) is 11.3 Å². The lowest BCUT2D eigenvalue weighted by Gasteiger charge is -2.41. The molecule has 0 bridgehead atoms. The minimum Gasteiger partial charge on any atom is -0.496 e. The molecule has 0 spiro atoms. The molecule has 2 heterocycles. The maximum atomic E-state index is 5.67. The van der Waals surface area contributed by atoms with Crippen molar-refractivity contribution in [1.82, 2.24) is 9.78 Å². The molecule has 3 aromatic rings. The Morgan fingerprint density at radius 3 is 2.34 bits per heavy atom. The molecular formula is C27H38N4O+2. The van der Waals surface area contributed by atoms with E-state index in [2.05, 4.69) is 91.7 Å². The lowest BCUT2D eigenvalue weighted by Crippen LogP contribution is -3.09. The third-order valence-electron chi connectivity index (χ3n) is 6.42. The van der Waals surface area contributed by atoms with Crippen LogP contribution in [0.2, 0.25) is 0 Å². The van der Waals surface area contributed by atoms with Gasteiger partial charge in [-0.05, 0) is 45.4 Å². The minimum atomic E-state index is 0.270. The van der Waals surface area contributed by atoms with E-state index in [1.807, 2.05) is 12.1 Å². The van der Waals surface area contributed by atoms with Gasteiger partial charge < -0.3 is 15.4 Å². The summed E-state index contributed by atoms with van der Waals surface area (Å²) in [4.78, 5) is 0. The summed E-state index contributed by atoms with van der Waals surface area (Å²) in [6, 6.07) is 19.3. The first-order valence-corrected chi connectivity index (χ1v) is 11.7. The van der Waals surface area contributed by atoms with E-state index in [1.165, 1.54) is 24.0 Å². The average Bonchev–Trinajstić information content (AvgIpc) is 3.13. The van der Waals surface area contributed by atoms with Crippen LogP contribution in [-0.4, -0.2) is 34.0 Å². The number of quaternary nitrogens is 2. The summed E-state index contributed by atoms with van der Waals surface area (Å²) >= 11 is 0. The van der Waals surface area contributed by atoms with E-state index in [-0.39, 0.29) is 11.1 Å². The summed E-state index contributed by atoms with van der Waals surface area (Å²) in [5, 5.41) is 10.1. The zero-order valence-electron chi connectivity index (χ0n) is 20.1. The largest absolute Gasteiger partial charge is 0.496 e. The van der Waals surface area contributed by atoms with E-state index in [0.717, 1.165) is 30.1 Å². The normalized spacial score (nSPS) is 17.9. The van der Waals surface area contributed by atoms with Crippen LogP contribution in [0.1, 0.15) is 51.7 Å². The quantitative estimate of drug-likeness (QED) is 0.601. The number of piperidine rings is 1. The summed E-state index contributed by atoms with van der Waals surface area (Å²) in [7, 11) is 1.73. The van der Waals surface area contributed by atoms with Gasteiger partial charge in [0.05, 0.1) is 49.2 Å². The molecule has 170 valence electrons. The molecule has 0 unspecified atom stereocenters. The lowest BCUT2D eigenvalue weighted by atomic mass is 9.79. The Morgan fingerprint density at radius 1 is 1.00 bits per heavy atom. The Morgan fingerprint density at radius 2 is 1.66 bits per heavy atom. The van der Waals surface area contributed by atoms with Crippen molar-refractivity contribution >= 4 is 0 Å². The molecule has 2 aromatic carbocycles. The van der Waals surface area contributed by atoms with Crippen molar-refractivity contribution in [3.63, 3.8) is 0 Å². The van der Waals surface area contributed by atoms with E-state index in [4.69, 9.17) is 9.84 Å². The van der Waals surface area contributed by atoms with Crippen LogP contribution in [0.5, 0.6) is 5.75 Å². The summed E-state index contributed by atoms with van der Waals surface area (Å²) in [5.41, 5.74) is 5.13. The fourth-order valence-electron chi connectivity index (χ4n) is 5.59. The Kier molecular flexibility index (Phi) is 6.40. The smallest absolute Gasteiger partial charge is 0.128 e. The van der Waals surface area contributed by atoms with E-state index in [1.54, 1.807) is 7.11 Å². The minimum absolute atomic E-state index is 0.270. The number of rotatable bonds is 7. The third-order valence-corrected chi connectivity index (χ3v) is 6.42. The molecule has 4 rings (SSSR count). The Labute approximate surface area is 192 Å². The number of methoxy groups -OCH3 is 1. The molecule has 0 atom stereocenters. The highest BCUT2D eigenvalue weighted by Crippen LogP contribution is 2.31. The van der Waals surface area contributed by atoms with Crippen LogP contribution >= 0.6 is 0 Å². The lowest BCUT2D eigenvalue weighted by molar-refractivity contribution is -0.816. The highest BCUT2D eigenvalue weighted by atomic mass is 16.5. The van der Waals surface area contributed by atoms with E-state index < -0.39 is 0 Å². The van der Waals surface area contributed by atoms with Crippen LogP contribution in [0.15, 0.2) is 60.8 Å². The van der Waals surface area contributed by atoms with Gasteiger partial charge in [-0.15, -0.1) is 0 Å². The average molecular weight is 435 g/mol. The van der Waals surface area contributed by atoms with Crippen LogP contribution < -0.4 is 15.4 Å². The number of benzene rings is 2. The van der Waals surface area contributed by atoms with Crippen LogP contribution in [0.3, 0.4) is 0 Å². The van der Waals surface area contributed by atoms with E-state index >= 15 is 0 Å². The first-order valence-electron chi connectivity index (χ1n) is 11.7. The van der Waals surface area contributed by atoms with Crippen molar-refractivity contribution in [2.45, 2.75) is 70.7 Å². The number of ether oxygens (including phenoxy) is 1. The van der Waals surface area contributed by atoms with Crippen LogP contribution in [-0.2, 0) is 13.1 Å². The van der Waals surface area contributed by atoms with Gasteiger partial charge in [-0.2, -0.15) is 5.10 Å². The van der Waals surface area contributed by atoms with Crippen LogP contribution in [0.4, 0.5) is 0 Å². The van der Waals surface area contributed by atoms with Gasteiger partial charge in [-0.3, -0.25) is 4.68 Å². The zero-order chi connectivity index (χ0) is 22.8. The molecule has 32 heavy (non-hydrogen) atoms. The highest BCUT2D eigenvalue weighted by Gasteiger charge is 2.43. The van der Waals surface area contributed by atoms with Crippen LogP contribution in [0, 0.1) is 0 Å². The molecule has 0 aliphatic carbocycles. The molecule has 5 heteroatoms. The summed E-state index contributed by atoms with van der Waals surface area (Å²) in [6.07, 6.45) is 4.63. The highest BCUT2D eigenvalue weighted by molar-refractivity contribution is 5.69. The van der Waals surface area contributed by atoms with Gasteiger partial charge in [0.1, 0.15) is 18.0 Å². The Hall–Kier alpha value is -2.63. The molecule has 0 amide bonds. The second-order valence-corrected chi connectivity index (χ2v) is 10.6. The molecular weight excluding hydrogens is 396 g/mol. The number of hydrogen-bond donors (Lipinski definition) is 2. The van der Waals surface area contributed by atoms with Gasteiger partial charge in [-0.25, -0.2) is 0 Å². The van der Waals surface area contributed by atoms with Gasteiger partial charge in [0.25, 0.3) is 0 Å². The maximum absolute atomic E-state index is 5.67. The molecule has 1 saturated heterocycles. The van der Waals surface area contributed by atoms with Gasteiger partial charge in [0, 0.05) is 11.8 Å². The second kappa shape index (κ2) is 9.08. The van der Waals surface area contributed by atoms with Gasteiger partial charge >= 0.3 is 0 Å². The molecule has 1 aliphatic heterocycles. The first-order chi connectivity index (χ1) is 15.2. The predicted octanol–water partition coefficient (Wildman–Crippen LogP) is 2.95. The van der Waals surface area contributed by atoms with Crippen molar-refractivity contribution < 1.29 is 15.4 Å². The standard InChI is InChI=1S/C27H36N4O/c1-26(2)15-22(16-27(3,4)30-26)28-17-21-19-31(18-20-11-7-6-8-12-20)29-25(21)23-13-9-10-14-24(23)32-5/h6-14,19,22,28,30H,15-18H2,1-5H3/p+2. The molecule has 0 saturated carbocycles. The summed E-state index contributed by atoms with van der Waals surface area (Å²) in [6.45, 7) is 11.2. The molecule has 1 fully saturated rings. The van der Waals surface area contributed by atoms with Gasteiger partial charge in [-0.1, -0.05) is 42.5 Å².